The molecule has 1 aromatic rings. The normalized spacial score (nSPS) is 20.5. The number of amidine groups is 1. The molecule has 1 heterocycles. The second kappa shape index (κ2) is 4.66. The molecule has 1 atom stereocenters. The van der Waals surface area contributed by atoms with Crippen LogP contribution in [0.2, 0.25) is 0 Å². The van der Waals surface area contributed by atoms with E-state index >= 15 is 0 Å². The Hall–Kier alpha value is -1.35. The first-order valence-corrected chi connectivity index (χ1v) is 5.81. The van der Waals surface area contributed by atoms with Crippen molar-refractivity contribution in [2.24, 2.45) is 10.7 Å². The SMILES string of the molecule is CC(C)c1ccc(C2=NCC(N)CN2)cc1. The van der Waals surface area contributed by atoms with Gasteiger partial charge in [-0.3, -0.25) is 4.99 Å². The number of hydrogen-bond acceptors (Lipinski definition) is 3. The molecule has 1 aliphatic heterocycles. The molecule has 0 fully saturated rings. The van der Waals surface area contributed by atoms with E-state index in [1.165, 1.54) is 5.56 Å². The van der Waals surface area contributed by atoms with Gasteiger partial charge in [0.1, 0.15) is 5.84 Å². The average molecular weight is 217 g/mol. The molecule has 0 aliphatic carbocycles. The smallest absolute Gasteiger partial charge is 0.128 e. The molecule has 0 saturated heterocycles. The standard InChI is InChI=1S/C13H19N3/c1-9(2)10-3-5-11(6-4-10)13-15-7-12(14)8-16-13/h3-6,9,12H,7-8,14H2,1-2H3,(H,15,16). The first kappa shape index (κ1) is 11.1. The van der Waals surface area contributed by atoms with Crippen LogP contribution in [-0.2, 0) is 0 Å². The molecule has 2 rings (SSSR count). The largest absolute Gasteiger partial charge is 0.368 e. The number of nitrogens with two attached hydrogens (primary N) is 1. The van der Waals surface area contributed by atoms with E-state index in [2.05, 4.69) is 48.4 Å². The van der Waals surface area contributed by atoms with Gasteiger partial charge in [0.25, 0.3) is 0 Å². The molecule has 1 aromatic carbocycles. The van der Waals surface area contributed by atoms with Crippen LogP contribution in [0.1, 0.15) is 30.9 Å². The summed E-state index contributed by atoms with van der Waals surface area (Å²) >= 11 is 0. The second-order valence-corrected chi connectivity index (χ2v) is 4.61. The maximum absolute atomic E-state index is 5.77. The zero-order chi connectivity index (χ0) is 11.5. The van der Waals surface area contributed by atoms with Crippen LogP contribution in [0.5, 0.6) is 0 Å². The summed E-state index contributed by atoms with van der Waals surface area (Å²) in [6, 6.07) is 8.73. The fraction of sp³-hybridized carbons (Fsp3) is 0.462. The molecular weight excluding hydrogens is 198 g/mol. The Morgan fingerprint density at radius 2 is 2.00 bits per heavy atom. The first-order valence-electron chi connectivity index (χ1n) is 5.81. The molecule has 0 bridgehead atoms. The number of benzene rings is 1. The van der Waals surface area contributed by atoms with Crippen LogP contribution in [0.25, 0.3) is 0 Å². The van der Waals surface area contributed by atoms with Crippen molar-refractivity contribution in [1.82, 2.24) is 5.32 Å². The number of hydrogen-bond donors (Lipinski definition) is 2. The topological polar surface area (TPSA) is 50.4 Å². The Bertz CT molecular complexity index is 379. The average Bonchev–Trinajstić information content (AvgIpc) is 2.30. The molecule has 0 saturated carbocycles. The third-order valence-electron chi connectivity index (χ3n) is 2.87. The molecule has 3 nitrogen and oxygen atoms in total. The maximum Gasteiger partial charge on any atom is 0.128 e. The van der Waals surface area contributed by atoms with Gasteiger partial charge in [-0.05, 0) is 11.5 Å². The van der Waals surface area contributed by atoms with Crippen LogP contribution in [0.15, 0.2) is 29.3 Å². The first-order chi connectivity index (χ1) is 7.66. The maximum atomic E-state index is 5.77. The van der Waals surface area contributed by atoms with E-state index in [9.17, 15) is 0 Å². The Balaban J connectivity index is 2.16. The summed E-state index contributed by atoms with van der Waals surface area (Å²) in [6.07, 6.45) is 0. The van der Waals surface area contributed by atoms with Crippen molar-refractivity contribution < 1.29 is 0 Å². The van der Waals surface area contributed by atoms with Crippen LogP contribution < -0.4 is 11.1 Å². The molecule has 0 radical (unpaired) electrons. The van der Waals surface area contributed by atoms with Gasteiger partial charge >= 0.3 is 0 Å². The van der Waals surface area contributed by atoms with Gasteiger partial charge in [0.2, 0.25) is 0 Å². The lowest BCUT2D eigenvalue weighted by atomic mass is 10.0. The van der Waals surface area contributed by atoms with Crippen molar-refractivity contribution >= 4 is 5.84 Å². The fourth-order valence-electron chi connectivity index (χ4n) is 1.78. The van der Waals surface area contributed by atoms with Crippen molar-refractivity contribution in [1.29, 1.82) is 0 Å². The summed E-state index contributed by atoms with van der Waals surface area (Å²) in [5, 5.41) is 3.26. The van der Waals surface area contributed by atoms with E-state index in [0.717, 1.165) is 17.9 Å². The monoisotopic (exact) mass is 217 g/mol. The van der Waals surface area contributed by atoms with Gasteiger partial charge in [0.05, 0.1) is 6.54 Å². The lowest BCUT2D eigenvalue weighted by Gasteiger charge is -2.20. The van der Waals surface area contributed by atoms with Crippen molar-refractivity contribution in [3.05, 3.63) is 35.4 Å². The number of rotatable bonds is 2. The molecule has 3 N–H and O–H groups in total. The minimum absolute atomic E-state index is 0.152. The zero-order valence-corrected chi connectivity index (χ0v) is 9.90. The Morgan fingerprint density at radius 3 is 2.50 bits per heavy atom. The van der Waals surface area contributed by atoms with E-state index < -0.39 is 0 Å². The highest BCUT2D eigenvalue weighted by Crippen LogP contribution is 2.15. The predicted octanol–water partition coefficient (Wildman–Crippen LogP) is 1.49. The Morgan fingerprint density at radius 1 is 1.31 bits per heavy atom. The highest BCUT2D eigenvalue weighted by atomic mass is 15.1. The predicted molar refractivity (Wildman–Crippen MR) is 67.9 cm³/mol. The molecule has 0 spiro atoms. The van der Waals surface area contributed by atoms with E-state index in [0.29, 0.717) is 12.5 Å². The van der Waals surface area contributed by atoms with Crippen molar-refractivity contribution in [2.75, 3.05) is 13.1 Å². The van der Waals surface area contributed by atoms with Gasteiger partial charge in [-0.15, -0.1) is 0 Å². The third kappa shape index (κ3) is 2.42. The van der Waals surface area contributed by atoms with Crippen molar-refractivity contribution in [3.8, 4) is 0 Å². The lowest BCUT2D eigenvalue weighted by Crippen LogP contribution is -2.44. The molecule has 0 aromatic heterocycles. The number of aliphatic imine (C=N–C) groups is 1. The van der Waals surface area contributed by atoms with Gasteiger partial charge in [0, 0.05) is 18.2 Å². The lowest BCUT2D eigenvalue weighted by molar-refractivity contribution is 0.628. The van der Waals surface area contributed by atoms with Crippen LogP contribution in [0, 0.1) is 0 Å². The summed E-state index contributed by atoms with van der Waals surface area (Å²) in [7, 11) is 0. The third-order valence-corrected chi connectivity index (χ3v) is 2.87. The zero-order valence-electron chi connectivity index (χ0n) is 9.90. The van der Waals surface area contributed by atoms with Gasteiger partial charge < -0.3 is 11.1 Å². The van der Waals surface area contributed by atoms with Crippen LogP contribution in [-0.4, -0.2) is 25.0 Å². The molecule has 1 aliphatic rings. The quantitative estimate of drug-likeness (QED) is 0.788. The fourth-order valence-corrected chi connectivity index (χ4v) is 1.78. The summed E-state index contributed by atoms with van der Waals surface area (Å²) < 4.78 is 0. The minimum Gasteiger partial charge on any atom is -0.368 e. The van der Waals surface area contributed by atoms with E-state index in [-0.39, 0.29) is 6.04 Å². The number of nitrogens with zero attached hydrogens (tertiary/aromatic N) is 1. The summed E-state index contributed by atoms with van der Waals surface area (Å²) in [4.78, 5) is 4.44. The van der Waals surface area contributed by atoms with Crippen molar-refractivity contribution in [3.63, 3.8) is 0 Å². The number of nitrogens with one attached hydrogen (secondary N) is 1. The molecule has 86 valence electrons. The summed E-state index contributed by atoms with van der Waals surface area (Å²) in [5.41, 5.74) is 8.28. The van der Waals surface area contributed by atoms with Crippen molar-refractivity contribution in [2.45, 2.75) is 25.8 Å². The second-order valence-electron chi connectivity index (χ2n) is 4.61. The Kier molecular flexibility index (Phi) is 3.25. The summed E-state index contributed by atoms with van der Waals surface area (Å²) in [6.45, 7) is 5.92. The van der Waals surface area contributed by atoms with E-state index in [4.69, 9.17) is 5.73 Å². The molecule has 0 amide bonds. The molecule has 16 heavy (non-hydrogen) atoms. The van der Waals surface area contributed by atoms with Crippen LogP contribution in [0.4, 0.5) is 0 Å². The summed E-state index contributed by atoms with van der Waals surface area (Å²) in [5.74, 6) is 1.54. The van der Waals surface area contributed by atoms with Gasteiger partial charge in [0.15, 0.2) is 0 Å². The highest BCUT2D eigenvalue weighted by Gasteiger charge is 2.12. The Labute approximate surface area is 96.8 Å². The van der Waals surface area contributed by atoms with Crippen LogP contribution in [0.3, 0.4) is 0 Å². The van der Waals surface area contributed by atoms with Gasteiger partial charge in [-0.2, -0.15) is 0 Å². The van der Waals surface area contributed by atoms with E-state index in [1.54, 1.807) is 0 Å². The minimum atomic E-state index is 0.152. The molecule has 1 unspecified atom stereocenters. The van der Waals surface area contributed by atoms with Crippen LogP contribution >= 0.6 is 0 Å². The van der Waals surface area contributed by atoms with Gasteiger partial charge in [-0.25, -0.2) is 0 Å². The van der Waals surface area contributed by atoms with Gasteiger partial charge in [-0.1, -0.05) is 38.1 Å². The van der Waals surface area contributed by atoms with E-state index in [1.807, 2.05) is 0 Å². The molecule has 3 heteroatoms. The molecular formula is C13H19N3. The highest BCUT2D eigenvalue weighted by molar-refractivity contribution is 5.99.